The summed E-state index contributed by atoms with van der Waals surface area (Å²) < 4.78 is 10.7. The Morgan fingerprint density at radius 1 is 1.12 bits per heavy atom. The largest absolute Gasteiger partial charge is 0.489 e. The Hall–Kier alpha value is -2.24. The number of amides is 1. The molecule has 1 amide bonds. The minimum Gasteiger partial charge on any atom is -0.489 e. The molecule has 0 atom stereocenters. The number of hydrogen-bond donors (Lipinski definition) is 2. The number of aryl methyl sites for hydroxylation is 2. The Morgan fingerprint density at radius 2 is 1.88 bits per heavy atom. The van der Waals surface area contributed by atoms with E-state index in [0.717, 1.165) is 11.1 Å². The normalized spacial score (nSPS) is 9.96. The summed E-state index contributed by atoms with van der Waals surface area (Å²) in [6.45, 7) is 4.74. The van der Waals surface area contributed by atoms with Crippen molar-refractivity contribution in [2.75, 3.05) is 31.4 Å². The first-order chi connectivity index (χ1) is 11.0. The van der Waals surface area contributed by atoms with Gasteiger partial charge < -0.3 is 20.5 Å². The second-order valence-electron chi connectivity index (χ2n) is 5.37. The molecule has 0 unspecified atom stereocenters. The van der Waals surface area contributed by atoms with Crippen LogP contribution in [0.2, 0.25) is 0 Å². The maximum atomic E-state index is 12.5. The molecule has 0 aliphatic rings. The van der Waals surface area contributed by atoms with Crippen LogP contribution < -0.4 is 15.8 Å². The lowest BCUT2D eigenvalue weighted by Crippen LogP contribution is -2.15. The van der Waals surface area contributed by atoms with Gasteiger partial charge in [-0.1, -0.05) is 12.1 Å². The van der Waals surface area contributed by atoms with Gasteiger partial charge in [-0.05, 0) is 49.2 Å². The highest BCUT2D eigenvalue weighted by atomic mass is 35.5. The number of hydrogen-bond acceptors (Lipinski definition) is 4. The number of halogens is 1. The fourth-order valence-electron chi connectivity index (χ4n) is 2.16. The minimum absolute atomic E-state index is 0. The number of anilines is 2. The zero-order valence-electron chi connectivity index (χ0n) is 14.1. The molecule has 24 heavy (non-hydrogen) atoms. The zero-order valence-corrected chi connectivity index (χ0v) is 14.9. The van der Waals surface area contributed by atoms with Crippen molar-refractivity contribution < 1.29 is 14.3 Å². The second-order valence-corrected chi connectivity index (χ2v) is 5.37. The average Bonchev–Trinajstić information content (AvgIpc) is 2.52. The molecule has 0 spiro atoms. The summed E-state index contributed by atoms with van der Waals surface area (Å²) in [5.74, 6) is 0.409. The van der Waals surface area contributed by atoms with E-state index in [-0.39, 0.29) is 18.3 Å². The Labute approximate surface area is 148 Å². The molecular weight excluding hydrogens is 328 g/mol. The van der Waals surface area contributed by atoms with Crippen LogP contribution in [0.25, 0.3) is 0 Å². The standard InChI is InChI=1S/C18H22N2O3.ClH/c1-12-4-7-16(17(10-12)23-9-8-22-3)20-18(21)15-11-14(19)6-5-13(15)2;/h4-7,10-11H,8-9,19H2,1-3H3,(H,20,21);1H. The summed E-state index contributed by atoms with van der Waals surface area (Å²) in [4.78, 5) is 12.5. The summed E-state index contributed by atoms with van der Waals surface area (Å²) in [5, 5.41) is 2.89. The summed E-state index contributed by atoms with van der Waals surface area (Å²) >= 11 is 0. The number of ether oxygens (including phenoxy) is 2. The fraction of sp³-hybridized carbons (Fsp3) is 0.278. The van der Waals surface area contributed by atoms with E-state index in [4.69, 9.17) is 15.2 Å². The molecule has 3 N–H and O–H groups in total. The highest BCUT2D eigenvalue weighted by Gasteiger charge is 2.13. The second kappa shape index (κ2) is 9.15. The first-order valence-corrected chi connectivity index (χ1v) is 7.41. The molecule has 0 aliphatic heterocycles. The van der Waals surface area contributed by atoms with Gasteiger partial charge in [0.2, 0.25) is 0 Å². The van der Waals surface area contributed by atoms with Gasteiger partial charge in [-0.3, -0.25) is 4.79 Å². The van der Waals surface area contributed by atoms with Crippen LogP contribution in [-0.4, -0.2) is 26.2 Å². The third-order valence-electron chi connectivity index (χ3n) is 3.44. The lowest BCUT2D eigenvalue weighted by molar-refractivity contribution is 0.102. The molecule has 2 rings (SSSR count). The Morgan fingerprint density at radius 3 is 2.58 bits per heavy atom. The Kier molecular flexibility index (Phi) is 7.55. The molecule has 0 heterocycles. The van der Waals surface area contributed by atoms with Gasteiger partial charge in [-0.25, -0.2) is 0 Å². The van der Waals surface area contributed by atoms with E-state index in [9.17, 15) is 4.79 Å². The summed E-state index contributed by atoms with van der Waals surface area (Å²) in [6, 6.07) is 10.9. The molecule has 0 aromatic heterocycles. The Balaban J connectivity index is 0.00000288. The number of nitrogen functional groups attached to an aromatic ring is 1. The lowest BCUT2D eigenvalue weighted by atomic mass is 10.1. The van der Waals surface area contributed by atoms with Crippen molar-refractivity contribution in [3.63, 3.8) is 0 Å². The van der Waals surface area contributed by atoms with E-state index in [1.54, 1.807) is 19.2 Å². The first kappa shape index (κ1) is 19.8. The van der Waals surface area contributed by atoms with Gasteiger partial charge in [-0.15, -0.1) is 12.4 Å². The van der Waals surface area contributed by atoms with Crippen molar-refractivity contribution in [2.45, 2.75) is 13.8 Å². The van der Waals surface area contributed by atoms with Gasteiger partial charge in [0.25, 0.3) is 5.91 Å². The topological polar surface area (TPSA) is 73.6 Å². The average molecular weight is 351 g/mol. The van der Waals surface area contributed by atoms with Crippen LogP contribution in [0.3, 0.4) is 0 Å². The van der Waals surface area contributed by atoms with Crippen LogP contribution in [0.1, 0.15) is 21.5 Å². The molecule has 0 saturated carbocycles. The van der Waals surface area contributed by atoms with Crippen molar-refractivity contribution in [1.29, 1.82) is 0 Å². The van der Waals surface area contributed by atoms with Crippen LogP contribution in [0.15, 0.2) is 36.4 Å². The molecule has 0 saturated heterocycles. The van der Waals surface area contributed by atoms with Crippen molar-refractivity contribution in [3.8, 4) is 5.75 Å². The summed E-state index contributed by atoms with van der Waals surface area (Å²) in [7, 11) is 1.62. The highest BCUT2D eigenvalue weighted by molar-refractivity contribution is 6.06. The van der Waals surface area contributed by atoms with Gasteiger partial charge in [0.15, 0.2) is 0 Å². The first-order valence-electron chi connectivity index (χ1n) is 7.41. The number of carbonyl (C=O) groups excluding carboxylic acids is 1. The van der Waals surface area contributed by atoms with E-state index in [2.05, 4.69) is 5.32 Å². The summed E-state index contributed by atoms with van der Waals surface area (Å²) in [6.07, 6.45) is 0. The molecule has 0 bridgehead atoms. The Bertz CT molecular complexity index is 705. The van der Waals surface area contributed by atoms with Crippen LogP contribution in [-0.2, 0) is 4.74 Å². The number of nitrogens with two attached hydrogens (primary N) is 1. The van der Waals surface area contributed by atoms with Crippen molar-refractivity contribution in [2.24, 2.45) is 0 Å². The molecular formula is C18H23ClN2O3. The molecule has 0 aliphatic carbocycles. The predicted octanol–water partition coefficient (Wildman–Crippen LogP) is 3.58. The number of rotatable bonds is 6. The monoisotopic (exact) mass is 350 g/mol. The lowest BCUT2D eigenvalue weighted by Gasteiger charge is -2.14. The fourth-order valence-corrected chi connectivity index (χ4v) is 2.16. The van der Waals surface area contributed by atoms with Crippen LogP contribution in [0.4, 0.5) is 11.4 Å². The van der Waals surface area contributed by atoms with Crippen LogP contribution in [0, 0.1) is 13.8 Å². The number of nitrogens with one attached hydrogen (secondary N) is 1. The summed E-state index contributed by atoms with van der Waals surface area (Å²) in [5.41, 5.74) is 9.42. The van der Waals surface area contributed by atoms with Crippen molar-refractivity contribution in [1.82, 2.24) is 0 Å². The third kappa shape index (κ3) is 5.15. The van der Waals surface area contributed by atoms with Gasteiger partial charge >= 0.3 is 0 Å². The maximum absolute atomic E-state index is 12.5. The van der Waals surface area contributed by atoms with E-state index in [0.29, 0.717) is 35.9 Å². The molecule has 0 fully saturated rings. The smallest absolute Gasteiger partial charge is 0.256 e. The number of benzene rings is 2. The molecule has 2 aromatic rings. The van der Waals surface area contributed by atoms with E-state index in [1.165, 1.54) is 0 Å². The van der Waals surface area contributed by atoms with E-state index < -0.39 is 0 Å². The molecule has 5 nitrogen and oxygen atoms in total. The molecule has 0 radical (unpaired) electrons. The third-order valence-corrected chi connectivity index (χ3v) is 3.44. The van der Waals surface area contributed by atoms with Gasteiger partial charge in [0.1, 0.15) is 12.4 Å². The number of carbonyl (C=O) groups is 1. The molecule has 2 aromatic carbocycles. The maximum Gasteiger partial charge on any atom is 0.256 e. The zero-order chi connectivity index (χ0) is 16.8. The highest BCUT2D eigenvalue weighted by Crippen LogP contribution is 2.27. The quantitative estimate of drug-likeness (QED) is 0.616. The van der Waals surface area contributed by atoms with E-state index >= 15 is 0 Å². The minimum atomic E-state index is -0.213. The van der Waals surface area contributed by atoms with E-state index in [1.807, 2.05) is 38.1 Å². The van der Waals surface area contributed by atoms with Crippen LogP contribution in [0.5, 0.6) is 5.75 Å². The van der Waals surface area contributed by atoms with Crippen molar-refractivity contribution >= 4 is 29.7 Å². The SMILES string of the molecule is COCCOc1cc(C)ccc1NC(=O)c1cc(N)ccc1C.Cl. The predicted molar refractivity (Wildman–Crippen MR) is 99.3 cm³/mol. The molecule has 6 heteroatoms. The van der Waals surface area contributed by atoms with Crippen molar-refractivity contribution in [3.05, 3.63) is 53.1 Å². The number of methoxy groups -OCH3 is 1. The van der Waals surface area contributed by atoms with Gasteiger partial charge in [0.05, 0.1) is 12.3 Å². The van der Waals surface area contributed by atoms with Gasteiger partial charge in [0, 0.05) is 18.4 Å². The van der Waals surface area contributed by atoms with Gasteiger partial charge in [-0.2, -0.15) is 0 Å². The molecule has 130 valence electrons. The van der Waals surface area contributed by atoms with Crippen LogP contribution >= 0.6 is 12.4 Å².